The summed E-state index contributed by atoms with van der Waals surface area (Å²) in [7, 11) is 0. The van der Waals surface area contributed by atoms with Crippen LogP contribution >= 0.6 is 0 Å². The molecular weight excluding hydrogens is 403 g/mol. The van der Waals surface area contributed by atoms with Crippen LogP contribution in [0, 0.1) is 11.7 Å². The van der Waals surface area contributed by atoms with E-state index >= 15 is 0 Å². The molecule has 2 aromatic carbocycles. The maximum atomic E-state index is 13.7. The largest absolute Gasteiger partial charge is 0.507 e. The van der Waals surface area contributed by atoms with Gasteiger partial charge in [-0.2, -0.15) is 0 Å². The van der Waals surface area contributed by atoms with E-state index in [4.69, 9.17) is 4.74 Å². The molecule has 6 heteroatoms. The van der Waals surface area contributed by atoms with Gasteiger partial charge < -0.3 is 14.4 Å². The van der Waals surface area contributed by atoms with Gasteiger partial charge in [-0.05, 0) is 62.1 Å². The molecule has 1 saturated carbocycles. The molecule has 1 aromatic heterocycles. The van der Waals surface area contributed by atoms with Crippen molar-refractivity contribution in [2.24, 2.45) is 5.92 Å². The summed E-state index contributed by atoms with van der Waals surface area (Å²) >= 11 is 0. The minimum atomic E-state index is -2.33. The van der Waals surface area contributed by atoms with Crippen molar-refractivity contribution in [3.05, 3.63) is 59.5 Å². The zero-order chi connectivity index (χ0) is 22.0. The Balaban J connectivity index is 1.80. The molecule has 5 rings (SSSR count). The number of alkyl halides is 2. The van der Waals surface area contributed by atoms with Crippen LogP contribution in [0.15, 0.2) is 42.5 Å². The zero-order valence-electron chi connectivity index (χ0n) is 17.7. The van der Waals surface area contributed by atoms with Crippen molar-refractivity contribution in [2.45, 2.75) is 57.0 Å². The molecule has 1 spiro atoms. The van der Waals surface area contributed by atoms with Crippen LogP contribution in [0.25, 0.3) is 16.6 Å². The van der Waals surface area contributed by atoms with Crippen molar-refractivity contribution < 1.29 is 23.0 Å². The maximum absolute atomic E-state index is 13.7. The zero-order valence-corrected chi connectivity index (χ0v) is 17.7. The van der Waals surface area contributed by atoms with E-state index in [2.05, 4.69) is 18.4 Å². The van der Waals surface area contributed by atoms with Crippen LogP contribution in [-0.4, -0.2) is 22.7 Å². The van der Waals surface area contributed by atoms with Crippen molar-refractivity contribution in [2.75, 3.05) is 6.61 Å². The summed E-state index contributed by atoms with van der Waals surface area (Å²) in [5.74, 6) is -0.792. The van der Waals surface area contributed by atoms with Gasteiger partial charge in [-0.1, -0.05) is 19.9 Å². The lowest BCUT2D eigenvalue weighted by atomic mass is 9.69. The van der Waals surface area contributed by atoms with Crippen LogP contribution in [0.3, 0.4) is 0 Å². The minimum absolute atomic E-state index is 0.145. The van der Waals surface area contributed by atoms with Crippen LogP contribution in [-0.2, 0) is 15.8 Å². The lowest BCUT2D eigenvalue weighted by Gasteiger charge is -2.47. The number of hydrogen-bond donors (Lipinski definition) is 1. The Bertz CT molecular complexity index is 1130. The normalized spacial score (nSPS) is 25.3. The quantitative estimate of drug-likeness (QED) is 0.509. The molecule has 164 valence electrons. The summed E-state index contributed by atoms with van der Waals surface area (Å²) < 4.78 is 48.9. The van der Waals surface area contributed by atoms with Gasteiger partial charge in [-0.3, -0.25) is 0 Å². The van der Waals surface area contributed by atoms with E-state index in [1.165, 1.54) is 12.1 Å². The van der Waals surface area contributed by atoms with E-state index in [1.54, 1.807) is 24.3 Å². The van der Waals surface area contributed by atoms with E-state index < -0.39 is 17.9 Å². The second-order valence-electron chi connectivity index (χ2n) is 9.55. The van der Waals surface area contributed by atoms with E-state index in [1.807, 2.05) is 6.07 Å². The maximum Gasteiger partial charge on any atom is 0.241 e. The molecule has 2 heterocycles. The lowest BCUT2D eigenvalue weighted by molar-refractivity contribution is -0.121. The molecular formula is C25H26F3NO2. The summed E-state index contributed by atoms with van der Waals surface area (Å²) in [5.41, 5.74) is 2.40. The van der Waals surface area contributed by atoms with Gasteiger partial charge in [0.15, 0.2) is 0 Å². The van der Waals surface area contributed by atoms with Gasteiger partial charge in [-0.15, -0.1) is 0 Å². The molecule has 0 unspecified atom stereocenters. The molecule has 1 aliphatic carbocycles. The summed E-state index contributed by atoms with van der Waals surface area (Å²) in [5, 5.41) is 11.6. The van der Waals surface area contributed by atoms with Crippen molar-refractivity contribution >= 4 is 10.9 Å². The van der Waals surface area contributed by atoms with Crippen molar-refractivity contribution in [1.29, 1.82) is 0 Å². The lowest BCUT2D eigenvalue weighted by Crippen LogP contribution is -2.46. The molecule has 1 fully saturated rings. The monoisotopic (exact) mass is 429 g/mol. The second-order valence-corrected chi connectivity index (χ2v) is 9.55. The second kappa shape index (κ2) is 7.02. The van der Waals surface area contributed by atoms with Crippen LogP contribution in [0.1, 0.15) is 50.8 Å². The molecule has 0 amide bonds. The fraction of sp³-hybridized carbons (Fsp3) is 0.440. The van der Waals surface area contributed by atoms with Gasteiger partial charge in [0.1, 0.15) is 11.6 Å². The SMILES string of the molecule is CC1(C)CO[C@]2(CC[C@@H](C(F)F)CC2)c2c1n(-c1ccc(F)cc1)c1cccc(O)c12. The fourth-order valence-corrected chi connectivity index (χ4v) is 5.48. The van der Waals surface area contributed by atoms with Crippen LogP contribution in [0.4, 0.5) is 13.2 Å². The standard InChI is InChI=1S/C25H26F3NO2/c1-24(2)14-31-25(12-10-15(11-13-25)23(27)28)21-20-18(4-3-5-19(20)30)29(22(21)24)17-8-6-16(26)7-9-17/h3-9,15,23,30H,10-14H2,1-2H3/t15-,25+. The third kappa shape index (κ3) is 3.06. The van der Waals surface area contributed by atoms with Gasteiger partial charge >= 0.3 is 0 Å². The molecule has 2 aliphatic rings. The highest BCUT2D eigenvalue weighted by atomic mass is 19.3. The number of phenols is 1. The Morgan fingerprint density at radius 2 is 1.74 bits per heavy atom. The Morgan fingerprint density at radius 3 is 2.39 bits per heavy atom. The predicted molar refractivity (Wildman–Crippen MR) is 114 cm³/mol. The van der Waals surface area contributed by atoms with E-state index in [0.29, 0.717) is 37.7 Å². The molecule has 0 saturated heterocycles. The smallest absolute Gasteiger partial charge is 0.241 e. The van der Waals surface area contributed by atoms with Crippen molar-refractivity contribution in [3.8, 4) is 11.4 Å². The van der Waals surface area contributed by atoms with Gasteiger partial charge in [0.05, 0.1) is 17.7 Å². The highest BCUT2D eigenvalue weighted by molar-refractivity contribution is 5.94. The number of rotatable bonds is 2. The number of aromatic nitrogens is 1. The first-order valence-electron chi connectivity index (χ1n) is 10.8. The number of benzene rings is 2. The van der Waals surface area contributed by atoms with Crippen LogP contribution in [0.5, 0.6) is 5.75 Å². The highest BCUT2D eigenvalue weighted by Crippen LogP contribution is 2.55. The van der Waals surface area contributed by atoms with Crippen molar-refractivity contribution in [3.63, 3.8) is 0 Å². The number of hydrogen-bond acceptors (Lipinski definition) is 2. The average Bonchev–Trinajstić information content (AvgIpc) is 3.11. The Kier molecular flexibility index (Phi) is 4.63. The topological polar surface area (TPSA) is 34.4 Å². The summed E-state index contributed by atoms with van der Waals surface area (Å²) in [6.07, 6.45) is -0.585. The van der Waals surface area contributed by atoms with Gasteiger partial charge in [-0.25, -0.2) is 13.2 Å². The number of ether oxygens (including phenoxy) is 1. The number of fused-ring (bicyclic) bond motifs is 4. The third-order valence-electron chi connectivity index (χ3n) is 7.06. The van der Waals surface area contributed by atoms with Crippen LogP contribution in [0.2, 0.25) is 0 Å². The van der Waals surface area contributed by atoms with Gasteiger partial charge in [0, 0.05) is 33.7 Å². The van der Waals surface area contributed by atoms with E-state index in [9.17, 15) is 18.3 Å². The van der Waals surface area contributed by atoms with E-state index in [0.717, 1.165) is 22.5 Å². The summed E-state index contributed by atoms with van der Waals surface area (Å²) in [4.78, 5) is 0. The molecule has 0 atom stereocenters. The number of aromatic hydroxyl groups is 1. The predicted octanol–water partition coefficient (Wildman–Crippen LogP) is 6.43. The molecule has 3 nitrogen and oxygen atoms in total. The van der Waals surface area contributed by atoms with Gasteiger partial charge in [0.25, 0.3) is 0 Å². The minimum Gasteiger partial charge on any atom is -0.507 e. The molecule has 0 radical (unpaired) electrons. The first-order chi connectivity index (χ1) is 14.7. The fourth-order valence-electron chi connectivity index (χ4n) is 5.48. The molecule has 0 bridgehead atoms. The molecule has 31 heavy (non-hydrogen) atoms. The van der Waals surface area contributed by atoms with Gasteiger partial charge in [0.2, 0.25) is 6.43 Å². The number of halogens is 3. The first-order valence-corrected chi connectivity index (χ1v) is 10.8. The summed E-state index contributed by atoms with van der Waals surface area (Å²) in [6, 6.07) is 11.7. The Morgan fingerprint density at radius 1 is 1.06 bits per heavy atom. The van der Waals surface area contributed by atoms with E-state index in [-0.39, 0.29) is 17.0 Å². The average molecular weight is 429 g/mol. The highest BCUT2D eigenvalue weighted by Gasteiger charge is 2.50. The number of phenolic OH excluding ortho intramolecular Hbond substituents is 1. The summed E-state index contributed by atoms with van der Waals surface area (Å²) in [6.45, 7) is 4.61. The van der Waals surface area contributed by atoms with Crippen molar-refractivity contribution in [1.82, 2.24) is 4.57 Å². The third-order valence-corrected chi connectivity index (χ3v) is 7.06. The number of nitrogens with zero attached hydrogens (tertiary/aromatic N) is 1. The first kappa shape index (κ1) is 20.4. The Labute approximate surface area is 179 Å². The molecule has 1 aliphatic heterocycles. The van der Waals surface area contributed by atoms with Crippen LogP contribution < -0.4 is 0 Å². The Hall–Kier alpha value is -2.47. The molecule has 1 N–H and O–H groups in total. The molecule has 3 aromatic rings.